The third-order valence-corrected chi connectivity index (χ3v) is 5.13. The van der Waals surface area contributed by atoms with E-state index in [1.165, 1.54) is 24.3 Å². The van der Waals surface area contributed by atoms with Gasteiger partial charge in [-0.3, -0.25) is 4.79 Å². The van der Waals surface area contributed by atoms with Gasteiger partial charge in [-0.1, -0.05) is 6.92 Å². The number of aromatic nitrogens is 1. The molecule has 5 nitrogen and oxygen atoms in total. The molecular formula is C22H16BrFN2O3. The highest BCUT2D eigenvalue weighted by Crippen LogP contribution is 2.38. The van der Waals surface area contributed by atoms with Gasteiger partial charge < -0.3 is 14.9 Å². The summed E-state index contributed by atoms with van der Waals surface area (Å²) in [4.78, 5) is 16.9. The van der Waals surface area contributed by atoms with E-state index in [1.54, 1.807) is 37.4 Å². The molecule has 0 aliphatic heterocycles. The van der Waals surface area contributed by atoms with Crippen LogP contribution in [0.2, 0.25) is 0 Å². The Labute approximate surface area is 174 Å². The largest absolute Gasteiger partial charge is 0.455 e. The summed E-state index contributed by atoms with van der Waals surface area (Å²) < 4.78 is 25.3. The Balaban J connectivity index is 1.74. The van der Waals surface area contributed by atoms with Crippen LogP contribution in [-0.2, 0) is 0 Å². The van der Waals surface area contributed by atoms with Crippen LogP contribution in [0.15, 0.2) is 63.6 Å². The molecule has 0 aliphatic carbocycles. The molecule has 0 bridgehead atoms. The second-order valence-electron chi connectivity index (χ2n) is 6.39. The Kier molecular flexibility index (Phi) is 5.07. The Morgan fingerprint density at radius 3 is 2.62 bits per heavy atom. The second kappa shape index (κ2) is 7.67. The SMILES string of the molecule is CCC(=O)c1c(-c2ccc(Oc3ccc(F)cc3)nc2)oc2cc(N)c(Br)cc12. The van der Waals surface area contributed by atoms with Crippen molar-refractivity contribution < 1.29 is 18.3 Å². The van der Waals surface area contributed by atoms with E-state index in [1.807, 2.05) is 0 Å². The highest BCUT2D eigenvalue weighted by atomic mass is 79.9. The maximum absolute atomic E-state index is 13.0. The molecule has 0 fully saturated rings. The number of hydrogen-bond donors (Lipinski definition) is 1. The van der Waals surface area contributed by atoms with E-state index in [9.17, 15) is 9.18 Å². The number of rotatable bonds is 5. The second-order valence-corrected chi connectivity index (χ2v) is 7.25. The molecule has 2 aromatic carbocycles. The molecule has 0 spiro atoms. The van der Waals surface area contributed by atoms with Crippen LogP contribution in [0.5, 0.6) is 11.6 Å². The van der Waals surface area contributed by atoms with Crippen molar-refractivity contribution in [3.63, 3.8) is 0 Å². The van der Waals surface area contributed by atoms with Crippen LogP contribution in [-0.4, -0.2) is 10.8 Å². The molecule has 0 atom stereocenters. The predicted octanol–water partition coefficient (Wildman–Crippen LogP) is 6.36. The summed E-state index contributed by atoms with van der Waals surface area (Å²) in [6, 6.07) is 12.6. The fourth-order valence-electron chi connectivity index (χ4n) is 2.99. The molecule has 29 heavy (non-hydrogen) atoms. The van der Waals surface area contributed by atoms with Gasteiger partial charge in [0.2, 0.25) is 5.88 Å². The van der Waals surface area contributed by atoms with Crippen molar-refractivity contribution in [2.45, 2.75) is 13.3 Å². The minimum Gasteiger partial charge on any atom is -0.455 e. The molecule has 4 rings (SSSR count). The fourth-order valence-corrected chi connectivity index (χ4v) is 3.33. The molecule has 0 saturated heterocycles. The number of nitrogens with two attached hydrogens (primary N) is 1. The van der Waals surface area contributed by atoms with E-state index in [0.29, 0.717) is 56.1 Å². The molecule has 0 radical (unpaired) electrons. The lowest BCUT2D eigenvalue weighted by Crippen LogP contribution is -1.98. The molecule has 2 N–H and O–H groups in total. The van der Waals surface area contributed by atoms with Crippen molar-refractivity contribution >= 4 is 38.4 Å². The third-order valence-electron chi connectivity index (χ3n) is 4.44. The van der Waals surface area contributed by atoms with E-state index in [0.717, 1.165) is 0 Å². The fraction of sp³-hybridized carbons (Fsp3) is 0.0909. The molecule has 0 aliphatic rings. The summed E-state index contributed by atoms with van der Waals surface area (Å²) in [7, 11) is 0. The molecule has 7 heteroatoms. The zero-order valence-electron chi connectivity index (χ0n) is 15.4. The number of anilines is 1. The minimum absolute atomic E-state index is 0.0398. The maximum atomic E-state index is 13.0. The number of carbonyl (C=O) groups is 1. The average molecular weight is 455 g/mol. The Hall–Kier alpha value is -3.19. The molecule has 0 amide bonds. The van der Waals surface area contributed by atoms with E-state index < -0.39 is 0 Å². The van der Waals surface area contributed by atoms with Gasteiger partial charge in [0.25, 0.3) is 0 Å². The Bertz CT molecular complexity index is 1200. The van der Waals surface area contributed by atoms with Gasteiger partial charge in [0.1, 0.15) is 22.9 Å². The average Bonchev–Trinajstić information content (AvgIpc) is 3.08. The topological polar surface area (TPSA) is 78.3 Å². The van der Waals surface area contributed by atoms with E-state index >= 15 is 0 Å². The number of nitrogen functional groups attached to an aromatic ring is 1. The van der Waals surface area contributed by atoms with Crippen molar-refractivity contribution in [1.82, 2.24) is 4.98 Å². The molecule has 0 unspecified atom stereocenters. The monoisotopic (exact) mass is 454 g/mol. The molecule has 0 saturated carbocycles. The minimum atomic E-state index is -0.342. The van der Waals surface area contributed by atoms with Crippen molar-refractivity contribution in [3.8, 4) is 23.0 Å². The van der Waals surface area contributed by atoms with Crippen LogP contribution >= 0.6 is 15.9 Å². The van der Waals surface area contributed by atoms with Gasteiger partial charge in [0, 0.05) is 45.9 Å². The number of pyridine rings is 1. The molecule has 146 valence electrons. The van der Waals surface area contributed by atoms with Crippen LogP contribution < -0.4 is 10.5 Å². The van der Waals surface area contributed by atoms with Gasteiger partial charge in [-0.2, -0.15) is 0 Å². The smallest absolute Gasteiger partial charge is 0.219 e. The quantitative estimate of drug-likeness (QED) is 0.280. The number of ether oxygens (including phenoxy) is 1. The first-order valence-electron chi connectivity index (χ1n) is 8.91. The zero-order chi connectivity index (χ0) is 20.5. The van der Waals surface area contributed by atoms with Gasteiger partial charge in [0.15, 0.2) is 5.78 Å². The number of halogens is 2. The van der Waals surface area contributed by atoms with Crippen LogP contribution in [0.1, 0.15) is 23.7 Å². The lowest BCUT2D eigenvalue weighted by molar-refractivity contribution is 0.0989. The highest BCUT2D eigenvalue weighted by molar-refractivity contribution is 9.10. The van der Waals surface area contributed by atoms with Crippen molar-refractivity contribution in [1.29, 1.82) is 0 Å². The first kappa shape index (κ1) is 19.1. The summed E-state index contributed by atoms with van der Waals surface area (Å²) >= 11 is 3.40. The van der Waals surface area contributed by atoms with Crippen molar-refractivity contribution in [3.05, 3.63) is 70.6 Å². The standard InChI is InChI=1S/C22H16BrFN2O3/c1-2-18(27)21-15-9-16(23)17(25)10-19(15)29-22(21)12-3-8-20(26-11-12)28-14-6-4-13(24)5-7-14/h3-11H,2,25H2,1H3. The number of furan rings is 1. The van der Waals surface area contributed by atoms with Gasteiger partial charge in [-0.15, -0.1) is 0 Å². The Morgan fingerprint density at radius 2 is 1.97 bits per heavy atom. The van der Waals surface area contributed by atoms with Gasteiger partial charge in [-0.05, 0) is 52.3 Å². The summed E-state index contributed by atoms with van der Waals surface area (Å²) in [5, 5.41) is 0.694. The summed E-state index contributed by atoms with van der Waals surface area (Å²) in [5.74, 6) is 0.863. The van der Waals surface area contributed by atoms with Crippen LogP contribution in [0, 0.1) is 5.82 Å². The summed E-state index contributed by atoms with van der Waals surface area (Å²) in [6.07, 6.45) is 1.91. The number of Topliss-reactive ketones (excluding diaryl/α,β-unsaturated/α-hetero) is 1. The lowest BCUT2D eigenvalue weighted by Gasteiger charge is -2.06. The number of benzene rings is 2. The van der Waals surface area contributed by atoms with E-state index in [2.05, 4.69) is 20.9 Å². The first-order valence-corrected chi connectivity index (χ1v) is 9.70. The van der Waals surface area contributed by atoms with Crippen molar-refractivity contribution in [2.75, 3.05) is 5.73 Å². The number of ketones is 1. The first-order chi connectivity index (χ1) is 14.0. The van der Waals surface area contributed by atoms with Gasteiger partial charge in [-0.25, -0.2) is 9.37 Å². The molecule has 2 aromatic heterocycles. The normalized spacial score (nSPS) is 11.0. The number of carbonyl (C=O) groups excluding carboxylic acids is 1. The third kappa shape index (κ3) is 3.73. The van der Waals surface area contributed by atoms with Crippen LogP contribution in [0.4, 0.5) is 10.1 Å². The van der Waals surface area contributed by atoms with E-state index in [-0.39, 0.29) is 11.6 Å². The number of nitrogens with zero attached hydrogens (tertiary/aromatic N) is 1. The van der Waals surface area contributed by atoms with E-state index in [4.69, 9.17) is 14.9 Å². The maximum Gasteiger partial charge on any atom is 0.219 e. The van der Waals surface area contributed by atoms with Crippen LogP contribution in [0.25, 0.3) is 22.3 Å². The lowest BCUT2D eigenvalue weighted by atomic mass is 10.0. The van der Waals surface area contributed by atoms with Gasteiger partial charge in [0.05, 0.1) is 5.56 Å². The number of fused-ring (bicyclic) bond motifs is 1. The molecule has 4 aromatic rings. The highest BCUT2D eigenvalue weighted by Gasteiger charge is 2.22. The zero-order valence-corrected chi connectivity index (χ0v) is 17.0. The van der Waals surface area contributed by atoms with Crippen molar-refractivity contribution in [2.24, 2.45) is 0 Å². The summed E-state index contributed by atoms with van der Waals surface area (Å²) in [6.45, 7) is 1.80. The van der Waals surface area contributed by atoms with Crippen LogP contribution in [0.3, 0.4) is 0 Å². The molecule has 2 heterocycles. The van der Waals surface area contributed by atoms with Gasteiger partial charge >= 0.3 is 0 Å². The summed E-state index contributed by atoms with van der Waals surface area (Å²) in [5.41, 5.74) is 8.14. The number of hydrogen-bond acceptors (Lipinski definition) is 5. The predicted molar refractivity (Wildman–Crippen MR) is 113 cm³/mol. The molecular weight excluding hydrogens is 439 g/mol. The Morgan fingerprint density at radius 1 is 1.21 bits per heavy atom.